The van der Waals surface area contributed by atoms with Crippen LogP contribution in [0.4, 0.5) is 5.82 Å². The lowest BCUT2D eigenvalue weighted by atomic mass is 9.98. The number of rotatable bonds is 2. The highest BCUT2D eigenvalue weighted by Gasteiger charge is 2.19. The van der Waals surface area contributed by atoms with Gasteiger partial charge >= 0.3 is 0 Å². The van der Waals surface area contributed by atoms with Crippen molar-refractivity contribution in [2.45, 2.75) is 13.8 Å². The second kappa shape index (κ2) is 5.26. The predicted molar refractivity (Wildman–Crippen MR) is 86.3 cm³/mol. The Bertz CT molecular complexity index is 808. The number of halogens is 1. The topological polar surface area (TPSA) is 52.0 Å². The molecule has 2 N–H and O–H groups in total. The number of nitrogens with zero attached hydrogens (tertiary/aromatic N) is 1. The van der Waals surface area contributed by atoms with Crippen LogP contribution < -0.4 is 5.73 Å². The van der Waals surface area contributed by atoms with Crippen molar-refractivity contribution >= 4 is 17.4 Å². The normalized spacial score (nSPS) is 10.8. The molecule has 2 aromatic carbocycles. The third-order valence-corrected chi connectivity index (χ3v) is 3.96. The Kier molecular flexibility index (Phi) is 3.43. The minimum atomic E-state index is 0.369. The van der Waals surface area contributed by atoms with E-state index in [0.29, 0.717) is 16.6 Å². The average molecular weight is 299 g/mol. The quantitative estimate of drug-likeness (QED) is 0.735. The van der Waals surface area contributed by atoms with E-state index in [0.717, 1.165) is 16.7 Å². The first-order valence-corrected chi connectivity index (χ1v) is 7.03. The Morgan fingerprint density at radius 3 is 2.52 bits per heavy atom. The minimum absolute atomic E-state index is 0.369. The van der Waals surface area contributed by atoms with Gasteiger partial charge < -0.3 is 10.3 Å². The number of benzene rings is 2. The molecule has 0 spiro atoms. The van der Waals surface area contributed by atoms with Gasteiger partial charge in [0.2, 0.25) is 0 Å². The molecule has 0 aliphatic rings. The Morgan fingerprint density at radius 1 is 1.05 bits per heavy atom. The molecule has 21 heavy (non-hydrogen) atoms. The highest BCUT2D eigenvalue weighted by molar-refractivity contribution is 6.33. The van der Waals surface area contributed by atoms with Crippen molar-refractivity contribution in [2.24, 2.45) is 0 Å². The number of anilines is 1. The van der Waals surface area contributed by atoms with Gasteiger partial charge in [0.1, 0.15) is 0 Å². The summed E-state index contributed by atoms with van der Waals surface area (Å²) >= 11 is 6.26. The van der Waals surface area contributed by atoms with Crippen molar-refractivity contribution in [3.8, 4) is 22.5 Å². The third-order valence-electron chi connectivity index (χ3n) is 3.63. The summed E-state index contributed by atoms with van der Waals surface area (Å²) < 4.78 is 5.43. The molecule has 0 fully saturated rings. The Morgan fingerprint density at radius 2 is 1.81 bits per heavy atom. The lowest BCUT2D eigenvalue weighted by Gasteiger charge is -2.07. The van der Waals surface area contributed by atoms with E-state index in [9.17, 15) is 0 Å². The van der Waals surface area contributed by atoms with E-state index in [-0.39, 0.29) is 0 Å². The summed E-state index contributed by atoms with van der Waals surface area (Å²) in [5.41, 5.74) is 11.0. The molecule has 0 bridgehead atoms. The smallest absolute Gasteiger partial charge is 0.178 e. The van der Waals surface area contributed by atoms with Crippen LogP contribution in [0, 0.1) is 13.8 Å². The van der Waals surface area contributed by atoms with Crippen LogP contribution in [-0.2, 0) is 0 Å². The van der Waals surface area contributed by atoms with E-state index in [1.165, 1.54) is 11.1 Å². The van der Waals surface area contributed by atoms with E-state index < -0.39 is 0 Å². The molecule has 3 rings (SSSR count). The van der Waals surface area contributed by atoms with Crippen LogP contribution in [0.1, 0.15) is 11.1 Å². The Balaban J connectivity index is 2.22. The molecule has 0 atom stereocenters. The Labute approximate surface area is 128 Å². The summed E-state index contributed by atoms with van der Waals surface area (Å²) in [5, 5.41) is 4.52. The molecule has 106 valence electrons. The van der Waals surface area contributed by atoms with Crippen molar-refractivity contribution in [1.29, 1.82) is 0 Å². The zero-order valence-electron chi connectivity index (χ0n) is 11.9. The van der Waals surface area contributed by atoms with Gasteiger partial charge in [0.15, 0.2) is 11.6 Å². The first-order valence-electron chi connectivity index (χ1n) is 6.65. The van der Waals surface area contributed by atoms with Crippen LogP contribution in [0.5, 0.6) is 0 Å². The molecule has 0 aliphatic heterocycles. The number of hydrogen-bond acceptors (Lipinski definition) is 3. The van der Waals surface area contributed by atoms with Crippen LogP contribution in [0.3, 0.4) is 0 Å². The van der Waals surface area contributed by atoms with E-state index in [2.05, 4.69) is 31.1 Å². The lowest BCUT2D eigenvalue weighted by Crippen LogP contribution is -1.90. The molecule has 0 saturated heterocycles. The highest BCUT2D eigenvalue weighted by atomic mass is 35.5. The average Bonchev–Trinajstić information content (AvgIpc) is 2.84. The molecular weight excluding hydrogens is 284 g/mol. The van der Waals surface area contributed by atoms with E-state index in [4.69, 9.17) is 21.9 Å². The minimum Gasteiger partial charge on any atom is -0.380 e. The van der Waals surface area contributed by atoms with Crippen molar-refractivity contribution in [2.75, 3.05) is 5.73 Å². The van der Waals surface area contributed by atoms with E-state index in [1.54, 1.807) is 0 Å². The van der Waals surface area contributed by atoms with E-state index >= 15 is 0 Å². The molecule has 0 aliphatic carbocycles. The van der Waals surface area contributed by atoms with Gasteiger partial charge in [0.05, 0.1) is 10.6 Å². The van der Waals surface area contributed by atoms with Crippen molar-refractivity contribution in [3.05, 3.63) is 58.6 Å². The molecule has 4 heteroatoms. The fourth-order valence-corrected chi connectivity index (χ4v) is 2.53. The van der Waals surface area contributed by atoms with Gasteiger partial charge in [-0.1, -0.05) is 47.1 Å². The zero-order valence-corrected chi connectivity index (χ0v) is 12.6. The second-order valence-corrected chi connectivity index (χ2v) is 5.46. The lowest BCUT2D eigenvalue weighted by molar-refractivity contribution is 0.436. The summed E-state index contributed by atoms with van der Waals surface area (Å²) in [6.45, 7) is 4.14. The SMILES string of the molecule is Cc1ccc(-c2c(N)noc2-c2ccccc2Cl)cc1C. The second-order valence-electron chi connectivity index (χ2n) is 5.05. The summed E-state index contributed by atoms with van der Waals surface area (Å²) in [5.74, 6) is 0.967. The van der Waals surface area contributed by atoms with Gasteiger partial charge in [-0.25, -0.2) is 0 Å². The molecular formula is C17H15ClN2O. The van der Waals surface area contributed by atoms with Gasteiger partial charge in [0, 0.05) is 5.56 Å². The summed E-state index contributed by atoms with van der Waals surface area (Å²) in [4.78, 5) is 0. The van der Waals surface area contributed by atoms with Crippen molar-refractivity contribution in [1.82, 2.24) is 5.16 Å². The maximum atomic E-state index is 6.26. The van der Waals surface area contributed by atoms with Crippen molar-refractivity contribution < 1.29 is 4.52 Å². The summed E-state index contributed by atoms with van der Waals surface area (Å²) in [7, 11) is 0. The maximum absolute atomic E-state index is 6.26. The molecule has 0 radical (unpaired) electrons. The first-order chi connectivity index (χ1) is 10.1. The van der Waals surface area contributed by atoms with Crippen LogP contribution in [-0.4, -0.2) is 5.16 Å². The van der Waals surface area contributed by atoms with Gasteiger partial charge in [-0.15, -0.1) is 0 Å². The molecule has 1 aromatic heterocycles. The van der Waals surface area contributed by atoms with Gasteiger partial charge in [0.25, 0.3) is 0 Å². The summed E-state index contributed by atoms with van der Waals surface area (Å²) in [6.07, 6.45) is 0. The third kappa shape index (κ3) is 2.41. The number of hydrogen-bond donors (Lipinski definition) is 1. The monoisotopic (exact) mass is 298 g/mol. The van der Waals surface area contributed by atoms with Gasteiger partial charge in [-0.05, 0) is 42.7 Å². The fourth-order valence-electron chi connectivity index (χ4n) is 2.31. The molecule has 3 aromatic rings. The van der Waals surface area contributed by atoms with Crippen LogP contribution in [0.2, 0.25) is 5.02 Å². The van der Waals surface area contributed by atoms with E-state index in [1.807, 2.05) is 30.3 Å². The first kappa shape index (κ1) is 13.7. The Hall–Kier alpha value is -2.26. The fraction of sp³-hybridized carbons (Fsp3) is 0.118. The van der Waals surface area contributed by atoms with Crippen LogP contribution >= 0.6 is 11.6 Å². The largest absolute Gasteiger partial charge is 0.380 e. The summed E-state index contributed by atoms with van der Waals surface area (Å²) in [6, 6.07) is 13.7. The van der Waals surface area contributed by atoms with Crippen LogP contribution in [0.15, 0.2) is 47.0 Å². The number of nitrogens with two attached hydrogens (primary N) is 1. The number of aryl methyl sites for hydroxylation is 2. The van der Waals surface area contributed by atoms with Gasteiger partial charge in [-0.3, -0.25) is 0 Å². The highest BCUT2D eigenvalue weighted by Crippen LogP contribution is 2.39. The molecule has 0 saturated carbocycles. The maximum Gasteiger partial charge on any atom is 0.178 e. The molecule has 0 unspecified atom stereocenters. The number of aromatic nitrogens is 1. The standard InChI is InChI=1S/C17H15ClN2O/c1-10-7-8-12(9-11(10)2)15-16(21-20-17(15)19)13-5-3-4-6-14(13)18/h3-9H,1-2H3,(H2,19,20). The number of nitrogen functional groups attached to an aromatic ring is 1. The molecule has 3 nitrogen and oxygen atoms in total. The molecule has 0 amide bonds. The zero-order chi connectivity index (χ0) is 15.0. The predicted octanol–water partition coefficient (Wildman–Crippen LogP) is 4.86. The van der Waals surface area contributed by atoms with Crippen LogP contribution in [0.25, 0.3) is 22.5 Å². The van der Waals surface area contributed by atoms with Crippen molar-refractivity contribution in [3.63, 3.8) is 0 Å². The molecule has 1 heterocycles. The van der Waals surface area contributed by atoms with Gasteiger partial charge in [-0.2, -0.15) is 0 Å².